The molecule has 2 aromatic carbocycles. The highest BCUT2D eigenvalue weighted by Gasteiger charge is 2.28. The molecule has 0 saturated carbocycles. The molecule has 0 bridgehead atoms. The third-order valence-electron chi connectivity index (χ3n) is 3.45. The Balaban J connectivity index is 2.11. The molecule has 0 unspecified atom stereocenters. The first-order chi connectivity index (χ1) is 9.18. The van der Waals surface area contributed by atoms with Gasteiger partial charge in [-0.25, -0.2) is 0 Å². The number of likely N-dealkylation sites (N-methyl/N-ethyl adjacent to an activating group) is 1. The minimum Gasteiger partial charge on any atom is -0.314 e. The number of hydrogen-bond acceptors (Lipinski definition) is 2. The number of hydrogen-bond donors (Lipinski definition) is 0. The molecule has 0 radical (unpaired) electrons. The van der Waals surface area contributed by atoms with Crippen molar-refractivity contribution in [1.29, 1.82) is 0 Å². The lowest BCUT2D eigenvalue weighted by atomic mass is 9.99. The monoisotopic (exact) mass is 251 g/mol. The molecule has 0 aliphatic carbocycles. The summed E-state index contributed by atoms with van der Waals surface area (Å²) in [4.78, 5) is 25.9. The fourth-order valence-electron chi connectivity index (χ4n) is 2.46. The first-order valence-electron chi connectivity index (χ1n) is 6.16. The maximum atomic E-state index is 12.5. The van der Waals surface area contributed by atoms with Gasteiger partial charge in [-0.3, -0.25) is 9.59 Å². The number of ketones is 1. The van der Waals surface area contributed by atoms with E-state index in [1.54, 1.807) is 30.1 Å². The summed E-state index contributed by atoms with van der Waals surface area (Å²) < 4.78 is 0. The normalized spacial score (nSPS) is 13.5. The quantitative estimate of drug-likeness (QED) is 0.769. The summed E-state index contributed by atoms with van der Waals surface area (Å²) in [5.74, 6) is -0.0117. The van der Waals surface area contributed by atoms with Crippen molar-refractivity contribution in [2.75, 3.05) is 11.9 Å². The maximum absolute atomic E-state index is 12.5. The average molecular weight is 251 g/mol. The molecular formula is C16H13NO2. The van der Waals surface area contributed by atoms with Crippen molar-refractivity contribution in [3.8, 4) is 0 Å². The summed E-state index contributed by atoms with van der Waals surface area (Å²) >= 11 is 0. The van der Waals surface area contributed by atoms with Gasteiger partial charge in [0.1, 0.15) is 0 Å². The van der Waals surface area contributed by atoms with Crippen molar-refractivity contribution in [1.82, 2.24) is 0 Å². The highest BCUT2D eigenvalue weighted by molar-refractivity contribution is 6.16. The molecule has 0 N–H and O–H groups in total. The van der Waals surface area contributed by atoms with Crippen LogP contribution in [0.2, 0.25) is 0 Å². The summed E-state index contributed by atoms with van der Waals surface area (Å²) in [6.07, 6.45) is 0.377. The van der Waals surface area contributed by atoms with E-state index in [1.807, 2.05) is 30.3 Å². The third-order valence-corrected chi connectivity index (χ3v) is 3.45. The first-order valence-corrected chi connectivity index (χ1v) is 6.16. The van der Waals surface area contributed by atoms with E-state index in [2.05, 4.69) is 0 Å². The Kier molecular flexibility index (Phi) is 2.67. The molecule has 94 valence electrons. The Morgan fingerprint density at radius 2 is 1.79 bits per heavy atom. The Bertz CT molecular complexity index is 662. The van der Waals surface area contributed by atoms with Crippen LogP contribution in [-0.4, -0.2) is 18.7 Å². The number of benzene rings is 2. The summed E-state index contributed by atoms with van der Waals surface area (Å²) in [5.41, 5.74) is 2.91. The number of carbonyl (C=O) groups is 2. The minimum atomic E-state index is -0.0426. The molecule has 2 aromatic rings. The molecule has 0 saturated heterocycles. The number of amides is 1. The van der Waals surface area contributed by atoms with Gasteiger partial charge in [0.2, 0.25) is 5.91 Å². The predicted octanol–water partition coefficient (Wildman–Crippen LogP) is 2.44. The number of nitrogens with zero attached hydrogens (tertiary/aromatic N) is 1. The number of para-hydroxylation sites is 1. The summed E-state index contributed by atoms with van der Waals surface area (Å²) in [6, 6.07) is 14.7. The fraction of sp³-hybridized carbons (Fsp3) is 0.125. The van der Waals surface area contributed by atoms with E-state index in [9.17, 15) is 9.59 Å². The predicted molar refractivity (Wildman–Crippen MR) is 73.4 cm³/mol. The number of anilines is 1. The van der Waals surface area contributed by atoms with Gasteiger partial charge in [0, 0.05) is 18.2 Å². The van der Waals surface area contributed by atoms with Crippen LogP contribution in [0.25, 0.3) is 0 Å². The fourth-order valence-corrected chi connectivity index (χ4v) is 2.46. The van der Waals surface area contributed by atoms with Gasteiger partial charge in [-0.1, -0.05) is 42.5 Å². The van der Waals surface area contributed by atoms with Gasteiger partial charge in [0.25, 0.3) is 0 Å². The molecule has 3 nitrogen and oxygen atoms in total. The van der Waals surface area contributed by atoms with Gasteiger partial charge in [-0.05, 0) is 11.6 Å². The van der Waals surface area contributed by atoms with Crippen LogP contribution in [0.4, 0.5) is 5.69 Å². The SMILES string of the molecule is CN1C(=O)Cc2cccc(C(=O)c3ccccc3)c21. The second-order valence-corrected chi connectivity index (χ2v) is 4.64. The van der Waals surface area contributed by atoms with Gasteiger partial charge in [-0.2, -0.15) is 0 Å². The van der Waals surface area contributed by atoms with Crippen LogP contribution >= 0.6 is 0 Å². The number of rotatable bonds is 2. The van der Waals surface area contributed by atoms with Gasteiger partial charge in [0.15, 0.2) is 5.78 Å². The van der Waals surface area contributed by atoms with E-state index in [-0.39, 0.29) is 11.7 Å². The molecule has 0 atom stereocenters. The topological polar surface area (TPSA) is 37.4 Å². The van der Waals surface area contributed by atoms with Crippen molar-refractivity contribution >= 4 is 17.4 Å². The lowest BCUT2D eigenvalue weighted by Gasteiger charge is -2.14. The van der Waals surface area contributed by atoms with Crippen LogP contribution in [-0.2, 0) is 11.2 Å². The van der Waals surface area contributed by atoms with Crippen LogP contribution in [0.5, 0.6) is 0 Å². The van der Waals surface area contributed by atoms with E-state index in [0.29, 0.717) is 17.5 Å². The average Bonchev–Trinajstić information content (AvgIpc) is 2.74. The molecule has 1 amide bonds. The zero-order chi connectivity index (χ0) is 13.4. The molecule has 0 fully saturated rings. The zero-order valence-electron chi connectivity index (χ0n) is 10.6. The van der Waals surface area contributed by atoms with Gasteiger partial charge in [-0.15, -0.1) is 0 Å². The molecular weight excluding hydrogens is 238 g/mol. The molecule has 0 aromatic heterocycles. The van der Waals surface area contributed by atoms with Crippen LogP contribution < -0.4 is 4.90 Å². The molecule has 1 heterocycles. The minimum absolute atomic E-state index is 0.0308. The highest BCUT2D eigenvalue weighted by atomic mass is 16.2. The van der Waals surface area contributed by atoms with Crippen LogP contribution in [0.3, 0.4) is 0 Å². The van der Waals surface area contributed by atoms with Crippen molar-refractivity contribution in [3.05, 3.63) is 65.2 Å². The number of fused-ring (bicyclic) bond motifs is 1. The lowest BCUT2D eigenvalue weighted by Crippen LogP contribution is -2.22. The Morgan fingerprint density at radius 1 is 1.05 bits per heavy atom. The largest absolute Gasteiger partial charge is 0.314 e. The van der Waals surface area contributed by atoms with Gasteiger partial charge >= 0.3 is 0 Å². The molecule has 0 spiro atoms. The van der Waals surface area contributed by atoms with Crippen molar-refractivity contribution in [2.24, 2.45) is 0 Å². The van der Waals surface area contributed by atoms with Gasteiger partial charge in [0.05, 0.1) is 12.1 Å². The molecule has 19 heavy (non-hydrogen) atoms. The van der Waals surface area contributed by atoms with Crippen LogP contribution in [0.1, 0.15) is 21.5 Å². The zero-order valence-corrected chi connectivity index (χ0v) is 10.6. The maximum Gasteiger partial charge on any atom is 0.231 e. The Morgan fingerprint density at radius 3 is 2.53 bits per heavy atom. The van der Waals surface area contributed by atoms with Gasteiger partial charge < -0.3 is 4.90 Å². The molecule has 1 aliphatic heterocycles. The molecule has 3 heteroatoms. The van der Waals surface area contributed by atoms with Crippen molar-refractivity contribution in [2.45, 2.75) is 6.42 Å². The van der Waals surface area contributed by atoms with E-state index < -0.39 is 0 Å². The van der Waals surface area contributed by atoms with E-state index in [0.717, 1.165) is 11.3 Å². The van der Waals surface area contributed by atoms with Crippen molar-refractivity contribution < 1.29 is 9.59 Å². The smallest absolute Gasteiger partial charge is 0.231 e. The summed E-state index contributed by atoms with van der Waals surface area (Å²) in [5, 5.41) is 0. The van der Waals surface area contributed by atoms with Crippen molar-refractivity contribution in [3.63, 3.8) is 0 Å². The second kappa shape index (κ2) is 4.35. The Hall–Kier alpha value is -2.42. The third kappa shape index (κ3) is 1.83. The number of carbonyl (C=O) groups excluding carboxylic acids is 2. The Labute approximate surface area is 111 Å². The van der Waals surface area contributed by atoms with E-state index >= 15 is 0 Å². The summed E-state index contributed by atoms with van der Waals surface area (Å²) in [7, 11) is 1.72. The molecule has 1 aliphatic rings. The van der Waals surface area contributed by atoms with E-state index in [1.165, 1.54) is 0 Å². The lowest BCUT2D eigenvalue weighted by molar-refractivity contribution is -0.117. The van der Waals surface area contributed by atoms with Crippen LogP contribution in [0.15, 0.2) is 48.5 Å². The van der Waals surface area contributed by atoms with Crippen LogP contribution in [0, 0.1) is 0 Å². The summed E-state index contributed by atoms with van der Waals surface area (Å²) in [6.45, 7) is 0. The first kappa shape index (κ1) is 11.7. The van der Waals surface area contributed by atoms with E-state index in [4.69, 9.17) is 0 Å². The second-order valence-electron chi connectivity index (χ2n) is 4.64. The standard InChI is InChI=1S/C16H13NO2/c1-17-14(18)10-12-8-5-9-13(15(12)17)16(19)11-6-3-2-4-7-11/h2-9H,10H2,1H3. The molecule has 3 rings (SSSR count). The highest BCUT2D eigenvalue weighted by Crippen LogP contribution is 2.32.